The molecular weight excluding hydrogens is 562 g/mol. The lowest BCUT2D eigenvalue weighted by atomic mass is 10.1. The zero-order valence-corrected chi connectivity index (χ0v) is 25.8. The highest BCUT2D eigenvalue weighted by molar-refractivity contribution is 7.92. The predicted molar refractivity (Wildman–Crippen MR) is 163 cm³/mol. The van der Waals surface area contributed by atoms with Crippen molar-refractivity contribution < 1.29 is 22.7 Å². The highest BCUT2D eigenvalue weighted by Gasteiger charge is 2.33. The van der Waals surface area contributed by atoms with Crippen LogP contribution < -0.4 is 14.4 Å². The Bertz CT molecular complexity index is 1460. The average Bonchev–Trinajstić information content (AvgIpc) is 2.96. The third-order valence-corrected chi connectivity index (χ3v) is 9.06. The topological polar surface area (TPSA) is 96.0 Å². The molecule has 1 atom stereocenters. The number of anilines is 1. The van der Waals surface area contributed by atoms with Crippen molar-refractivity contribution in [2.24, 2.45) is 0 Å². The number of halogens is 1. The lowest BCUT2D eigenvalue weighted by molar-refractivity contribution is -0.139. The molecule has 0 fully saturated rings. The molecule has 3 aromatic rings. The van der Waals surface area contributed by atoms with Crippen LogP contribution in [0.15, 0.2) is 71.6 Å². The van der Waals surface area contributed by atoms with E-state index in [2.05, 4.69) is 5.32 Å². The second kappa shape index (κ2) is 14.4. The molecule has 0 unspecified atom stereocenters. The summed E-state index contributed by atoms with van der Waals surface area (Å²) in [7, 11) is -2.63. The molecule has 41 heavy (non-hydrogen) atoms. The van der Waals surface area contributed by atoms with E-state index >= 15 is 0 Å². The molecular formula is C31H38ClN3O5S. The van der Waals surface area contributed by atoms with Crippen molar-refractivity contribution in [1.29, 1.82) is 0 Å². The van der Waals surface area contributed by atoms with E-state index in [1.807, 2.05) is 19.9 Å². The molecule has 0 saturated carbocycles. The quantitative estimate of drug-likeness (QED) is 0.262. The lowest BCUT2D eigenvalue weighted by Crippen LogP contribution is -2.51. The fourth-order valence-corrected chi connectivity index (χ4v) is 5.94. The Hall–Kier alpha value is -3.56. The van der Waals surface area contributed by atoms with Gasteiger partial charge in [0, 0.05) is 18.1 Å². The Balaban J connectivity index is 2.05. The molecule has 0 aromatic heterocycles. The minimum absolute atomic E-state index is 0.0416. The van der Waals surface area contributed by atoms with Gasteiger partial charge in [-0.25, -0.2) is 8.42 Å². The molecule has 220 valence electrons. The van der Waals surface area contributed by atoms with E-state index < -0.39 is 28.5 Å². The maximum absolute atomic E-state index is 14.1. The molecule has 10 heteroatoms. The summed E-state index contributed by atoms with van der Waals surface area (Å²) in [6.45, 7) is 7.26. The van der Waals surface area contributed by atoms with Crippen LogP contribution in [0.4, 0.5) is 5.69 Å². The van der Waals surface area contributed by atoms with Crippen molar-refractivity contribution in [3.8, 4) is 5.75 Å². The van der Waals surface area contributed by atoms with Crippen molar-refractivity contribution in [3.63, 3.8) is 0 Å². The Morgan fingerprint density at radius 3 is 2.37 bits per heavy atom. The molecule has 3 aromatic carbocycles. The van der Waals surface area contributed by atoms with Gasteiger partial charge < -0.3 is 15.0 Å². The van der Waals surface area contributed by atoms with Gasteiger partial charge in [-0.1, -0.05) is 60.8 Å². The normalized spacial score (nSPS) is 12.0. The Morgan fingerprint density at radius 2 is 1.71 bits per heavy atom. The van der Waals surface area contributed by atoms with Gasteiger partial charge in [-0.05, 0) is 74.7 Å². The van der Waals surface area contributed by atoms with Gasteiger partial charge in [-0.2, -0.15) is 0 Å². The maximum Gasteiger partial charge on any atom is 0.264 e. The van der Waals surface area contributed by atoms with Crippen LogP contribution in [-0.2, 0) is 26.2 Å². The van der Waals surface area contributed by atoms with Gasteiger partial charge in [0.15, 0.2) is 0 Å². The predicted octanol–water partition coefficient (Wildman–Crippen LogP) is 5.49. The number of methoxy groups -OCH3 is 1. The van der Waals surface area contributed by atoms with Gasteiger partial charge in [0.05, 0.1) is 17.7 Å². The summed E-state index contributed by atoms with van der Waals surface area (Å²) in [4.78, 5) is 28.6. The van der Waals surface area contributed by atoms with Crippen molar-refractivity contribution in [1.82, 2.24) is 10.2 Å². The van der Waals surface area contributed by atoms with Crippen LogP contribution in [0.25, 0.3) is 0 Å². The Morgan fingerprint density at radius 1 is 1.02 bits per heavy atom. The van der Waals surface area contributed by atoms with Crippen molar-refractivity contribution in [3.05, 3.63) is 88.4 Å². The van der Waals surface area contributed by atoms with Gasteiger partial charge in [-0.15, -0.1) is 0 Å². The molecule has 0 saturated heterocycles. The van der Waals surface area contributed by atoms with Gasteiger partial charge in [-0.3, -0.25) is 13.9 Å². The van der Waals surface area contributed by atoms with Crippen LogP contribution in [0.5, 0.6) is 5.75 Å². The largest absolute Gasteiger partial charge is 0.497 e. The molecule has 0 heterocycles. The number of carbonyl (C=O) groups excluding carboxylic acids is 2. The number of sulfonamides is 1. The van der Waals surface area contributed by atoms with E-state index in [0.717, 1.165) is 28.3 Å². The Labute approximate surface area is 248 Å². The first-order valence-corrected chi connectivity index (χ1v) is 15.4. The van der Waals surface area contributed by atoms with Crippen LogP contribution in [0.1, 0.15) is 43.4 Å². The molecule has 2 amide bonds. The van der Waals surface area contributed by atoms with E-state index in [0.29, 0.717) is 22.9 Å². The first-order valence-electron chi connectivity index (χ1n) is 13.5. The number of hydrogen-bond donors (Lipinski definition) is 1. The number of hydrogen-bond acceptors (Lipinski definition) is 5. The number of nitrogens with zero attached hydrogens (tertiary/aromatic N) is 2. The van der Waals surface area contributed by atoms with E-state index in [9.17, 15) is 18.0 Å². The molecule has 0 bridgehead atoms. The standard InChI is InChI=1S/C31H38ClN3O5S/c1-6-7-18-33-31(37)24(4)34(20-25-10-8-11-26(19-25)40-5)30(36)21-35(29-13-9-12-28(32)23(29)3)41(38,39)27-16-14-22(2)15-17-27/h8-17,19,24H,6-7,18,20-21H2,1-5H3,(H,33,37)/t24-/m1/s1. The summed E-state index contributed by atoms with van der Waals surface area (Å²) in [6, 6.07) is 17.7. The first-order chi connectivity index (χ1) is 19.5. The summed E-state index contributed by atoms with van der Waals surface area (Å²) in [6.07, 6.45) is 1.71. The smallest absolute Gasteiger partial charge is 0.264 e. The van der Waals surface area contributed by atoms with Gasteiger partial charge in [0.2, 0.25) is 11.8 Å². The zero-order chi connectivity index (χ0) is 30.2. The highest BCUT2D eigenvalue weighted by Crippen LogP contribution is 2.31. The van der Waals surface area contributed by atoms with Crippen LogP contribution in [-0.4, -0.2) is 51.4 Å². The number of benzene rings is 3. The fourth-order valence-electron chi connectivity index (χ4n) is 4.30. The molecule has 0 aliphatic rings. The van der Waals surface area contributed by atoms with Crippen molar-refractivity contribution in [2.75, 3.05) is 24.5 Å². The van der Waals surface area contributed by atoms with E-state index in [1.165, 1.54) is 17.0 Å². The van der Waals surface area contributed by atoms with Crippen LogP contribution in [0.2, 0.25) is 5.02 Å². The SMILES string of the molecule is CCCCNC(=O)[C@@H](C)N(Cc1cccc(OC)c1)C(=O)CN(c1cccc(Cl)c1C)S(=O)(=O)c1ccc(C)cc1. The van der Waals surface area contributed by atoms with Crippen LogP contribution in [0, 0.1) is 13.8 Å². The lowest BCUT2D eigenvalue weighted by Gasteiger charge is -2.32. The number of aryl methyl sites for hydroxylation is 1. The van der Waals surface area contributed by atoms with E-state index in [-0.39, 0.29) is 23.0 Å². The minimum atomic E-state index is -4.18. The summed E-state index contributed by atoms with van der Waals surface area (Å²) >= 11 is 6.38. The monoisotopic (exact) mass is 599 g/mol. The molecule has 1 N–H and O–H groups in total. The minimum Gasteiger partial charge on any atom is -0.497 e. The van der Waals surface area contributed by atoms with Crippen LogP contribution >= 0.6 is 11.6 Å². The second-order valence-corrected chi connectivity index (χ2v) is 12.2. The zero-order valence-electron chi connectivity index (χ0n) is 24.2. The average molecular weight is 600 g/mol. The third kappa shape index (κ3) is 8.01. The third-order valence-electron chi connectivity index (χ3n) is 6.88. The molecule has 0 aliphatic heterocycles. The number of amides is 2. The summed E-state index contributed by atoms with van der Waals surface area (Å²) in [5, 5.41) is 3.25. The van der Waals surface area contributed by atoms with Crippen molar-refractivity contribution in [2.45, 2.75) is 58.0 Å². The number of unbranched alkanes of at least 4 members (excludes halogenated alkanes) is 1. The summed E-state index contributed by atoms with van der Waals surface area (Å²) < 4.78 is 34.4. The van der Waals surface area contributed by atoms with E-state index in [4.69, 9.17) is 16.3 Å². The Kier molecular flexibility index (Phi) is 11.2. The van der Waals surface area contributed by atoms with Gasteiger partial charge >= 0.3 is 0 Å². The second-order valence-electron chi connectivity index (χ2n) is 9.90. The molecule has 0 radical (unpaired) electrons. The highest BCUT2D eigenvalue weighted by atomic mass is 35.5. The number of nitrogens with one attached hydrogen (secondary N) is 1. The van der Waals surface area contributed by atoms with E-state index in [1.54, 1.807) is 69.5 Å². The van der Waals surface area contributed by atoms with Crippen molar-refractivity contribution >= 4 is 39.1 Å². The number of rotatable bonds is 13. The molecule has 0 spiro atoms. The maximum atomic E-state index is 14.1. The number of carbonyl (C=O) groups is 2. The molecule has 0 aliphatic carbocycles. The fraction of sp³-hybridized carbons (Fsp3) is 0.355. The molecule has 3 rings (SSSR count). The first kappa shape index (κ1) is 32.0. The summed E-state index contributed by atoms with van der Waals surface area (Å²) in [5.41, 5.74) is 2.44. The molecule has 8 nitrogen and oxygen atoms in total. The van der Waals surface area contributed by atoms with Crippen LogP contribution in [0.3, 0.4) is 0 Å². The van der Waals surface area contributed by atoms with Gasteiger partial charge in [0.1, 0.15) is 18.3 Å². The number of ether oxygens (including phenoxy) is 1. The summed E-state index contributed by atoms with van der Waals surface area (Å²) in [5.74, 6) is -0.254. The van der Waals surface area contributed by atoms with Gasteiger partial charge in [0.25, 0.3) is 10.0 Å².